The Morgan fingerprint density at radius 3 is 2.59 bits per heavy atom. The molecule has 0 amide bonds. The number of carbonyl (C=O) groups excluding carboxylic acids is 1. The van der Waals surface area contributed by atoms with Crippen molar-refractivity contribution < 1.29 is 9.53 Å². The fourth-order valence-electron chi connectivity index (χ4n) is 2.19. The van der Waals surface area contributed by atoms with Crippen LogP contribution in [0.5, 0.6) is 0 Å². The van der Waals surface area contributed by atoms with Crippen LogP contribution in [-0.4, -0.2) is 5.97 Å². The summed E-state index contributed by atoms with van der Waals surface area (Å²) in [5, 5.41) is 2.30. The first-order valence-corrected chi connectivity index (χ1v) is 5.63. The lowest BCUT2D eigenvalue weighted by Crippen LogP contribution is -2.01. The van der Waals surface area contributed by atoms with Gasteiger partial charge in [0.2, 0.25) is 0 Å². The van der Waals surface area contributed by atoms with Gasteiger partial charge in [-0.05, 0) is 23.8 Å². The molecule has 1 aliphatic rings. The monoisotopic (exact) mass is 224 g/mol. The molecule has 2 nitrogen and oxygen atoms in total. The number of cyclic esters (lactones) is 1. The van der Waals surface area contributed by atoms with E-state index in [-0.39, 0.29) is 12.1 Å². The first-order valence-electron chi connectivity index (χ1n) is 5.63. The van der Waals surface area contributed by atoms with Gasteiger partial charge in [0.15, 0.2) is 0 Å². The Balaban J connectivity index is 2.16. The van der Waals surface area contributed by atoms with Gasteiger partial charge in [-0.15, -0.1) is 0 Å². The highest BCUT2D eigenvalue weighted by Gasteiger charge is 2.24. The Morgan fingerprint density at radius 2 is 1.82 bits per heavy atom. The molecule has 2 aromatic carbocycles. The van der Waals surface area contributed by atoms with Crippen LogP contribution in [0.2, 0.25) is 0 Å². The summed E-state index contributed by atoms with van der Waals surface area (Å²) in [5.41, 5.74) is 1.73. The first kappa shape index (κ1) is 10.1. The minimum atomic E-state index is -0.242. The van der Waals surface area contributed by atoms with E-state index >= 15 is 0 Å². The Labute approximate surface area is 99.5 Å². The predicted molar refractivity (Wildman–Crippen MR) is 66.5 cm³/mol. The highest BCUT2D eigenvalue weighted by atomic mass is 16.5. The van der Waals surface area contributed by atoms with Crippen molar-refractivity contribution in [2.24, 2.45) is 0 Å². The molecule has 1 aliphatic heterocycles. The maximum absolute atomic E-state index is 11.4. The summed E-state index contributed by atoms with van der Waals surface area (Å²) in [6.45, 7) is 1.79. The van der Waals surface area contributed by atoms with Crippen LogP contribution < -0.4 is 0 Å². The average molecular weight is 224 g/mol. The Morgan fingerprint density at radius 1 is 1.06 bits per heavy atom. The van der Waals surface area contributed by atoms with Gasteiger partial charge in [0, 0.05) is 11.1 Å². The van der Waals surface area contributed by atoms with Crippen LogP contribution in [-0.2, 0) is 9.53 Å². The summed E-state index contributed by atoms with van der Waals surface area (Å²) in [6, 6.07) is 14.2. The van der Waals surface area contributed by atoms with Gasteiger partial charge >= 0.3 is 5.97 Å². The van der Waals surface area contributed by atoms with Crippen LogP contribution >= 0.6 is 0 Å². The van der Waals surface area contributed by atoms with E-state index in [1.807, 2.05) is 30.3 Å². The standard InChI is InChI=1S/C15H12O2/c1-10-9-14(17-15(10)16)13-8-4-6-11-5-2-3-7-12(11)13/h2-9,14H,1H3. The zero-order valence-corrected chi connectivity index (χ0v) is 9.51. The third-order valence-electron chi connectivity index (χ3n) is 3.09. The molecule has 1 unspecified atom stereocenters. The maximum atomic E-state index is 11.4. The van der Waals surface area contributed by atoms with Gasteiger partial charge in [-0.1, -0.05) is 42.5 Å². The van der Waals surface area contributed by atoms with Gasteiger partial charge < -0.3 is 4.74 Å². The fraction of sp³-hybridized carbons (Fsp3) is 0.133. The molecule has 0 saturated heterocycles. The normalized spacial score (nSPS) is 19.2. The molecule has 1 heterocycles. The molecule has 0 radical (unpaired) electrons. The van der Waals surface area contributed by atoms with Crippen molar-refractivity contribution >= 4 is 16.7 Å². The summed E-state index contributed by atoms with van der Waals surface area (Å²) < 4.78 is 5.34. The quantitative estimate of drug-likeness (QED) is 0.694. The lowest BCUT2D eigenvalue weighted by Gasteiger charge is -2.11. The SMILES string of the molecule is CC1=CC(c2cccc3ccccc23)OC1=O. The number of hydrogen-bond donors (Lipinski definition) is 0. The van der Waals surface area contributed by atoms with Crippen LogP contribution in [0, 0.1) is 0 Å². The summed E-state index contributed by atoms with van der Waals surface area (Å²) in [7, 11) is 0. The highest BCUT2D eigenvalue weighted by molar-refractivity contribution is 5.92. The summed E-state index contributed by atoms with van der Waals surface area (Å²) in [4.78, 5) is 11.4. The Hall–Kier alpha value is -2.09. The van der Waals surface area contributed by atoms with Crippen molar-refractivity contribution in [1.82, 2.24) is 0 Å². The molecule has 0 aromatic heterocycles. The molecule has 2 heteroatoms. The Kier molecular flexibility index (Phi) is 2.22. The zero-order valence-electron chi connectivity index (χ0n) is 9.51. The van der Waals surface area contributed by atoms with Crippen molar-refractivity contribution in [3.8, 4) is 0 Å². The number of esters is 1. The molecular weight excluding hydrogens is 212 g/mol. The predicted octanol–water partition coefficient (Wildman–Crippen LogP) is 3.38. The number of hydrogen-bond acceptors (Lipinski definition) is 2. The molecule has 3 rings (SSSR count). The molecule has 0 fully saturated rings. The number of benzene rings is 2. The molecule has 0 spiro atoms. The van der Waals surface area contributed by atoms with Gasteiger partial charge in [0.1, 0.15) is 6.10 Å². The molecule has 1 atom stereocenters. The second-order valence-electron chi connectivity index (χ2n) is 4.24. The van der Waals surface area contributed by atoms with Gasteiger partial charge in [0.25, 0.3) is 0 Å². The van der Waals surface area contributed by atoms with Crippen molar-refractivity contribution in [1.29, 1.82) is 0 Å². The smallest absolute Gasteiger partial charge is 0.334 e. The van der Waals surface area contributed by atoms with Crippen LogP contribution in [0.1, 0.15) is 18.6 Å². The van der Waals surface area contributed by atoms with Crippen molar-refractivity contribution in [3.05, 3.63) is 59.7 Å². The first-order chi connectivity index (χ1) is 8.25. The van der Waals surface area contributed by atoms with Gasteiger partial charge in [0.05, 0.1) is 0 Å². The van der Waals surface area contributed by atoms with Crippen LogP contribution in [0.3, 0.4) is 0 Å². The zero-order chi connectivity index (χ0) is 11.8. The minimum absolute atomic E-state index is 0.220. The lowest BCUT2D eigenvalue weighted by atomic mass is 10.00. The van der Waals surface area contributed by atoms with E-state index in [4.69, 9.17) is 4.74 Å². The molecule has 0 N–H and O–H groups in total. The van der Waals surface area contributed by atoms with E-state index in [0.717, 1.165) is 10.9 Å². The summed E-state index contributed by atoms with van der Waals surface area (Å²) >= 11 is 0. The van der Waals surface area contributed by atoms with E-state index in [1.165, 1.54) is 5.39 Å². The molecule has 84 valence electrons. The number of ether oxygens (including phenoxy) is 1. The van der Waals surface area contributed by atoms with E-state index in [0.29, 0.717) is 5.57 Å². The second-order valence-corrected chi connectivity index (χ2v) is 4.24. The average Bonchev–Trinajstić information content (AvgIpc) is 2.69. The lowest BCUT2D eigenvalue weighted by molar-refractivity contribution is -0.139. The highest BCUT2D eigenvalue weighted by Crippen LogP contribution is 2.32. The molecular formula is C15H12O2. The third kappa shape index (κ3) is 1.62. The van der Waals surface area contributed by atoms with Crippen LogP contribution in [0.4, 0.5) is 0 Å². The molecule has 2 aromatic rings. The molecule has 0 bridgehead atoms. The fourth-order valence-corrected chi connectivity index (χ4v) is 2.19. The number of fused-ring (bicyclic) bond motifs is 1. The minimum Gasteiger partial charge on any atom is -0.450 e. The van der Waals surface area contributed by atoms with Crippen LogP contribution in [0.15, 0.2) is 54.1 Å². The largest absolute Gasteiger partial charge is 0.450 e. The topological polar surface area (TPSA) is 26.3 Å². The second kappa shape index (κ2) is 3.74. The van der Waals surface area contributed by atoms with E-state index in [9.17, 15) is 4.79 Å². The molecule has 17 heavy (non-hydrogen) atoms. The van der Waals surface area contributed by atoms with Crippen molar-refractivity contribution in [3.63, 3.8) is 0 Å². The van der Waals surface area contributed by atoms with Crippen molar-refractivity contribution in [2.75, 3.05) is 0 Å². The van der Waals surface area contributed by atoms with Gasteiger partial charge in [-0.25, -0.2) is 4.79 Å². The molecule has 0 aliphatic carbocycles. The van der Waals surface area contributed by atoms with E-state index in [2.05, 4.69) is 18.2 Å². The third-order valence-corrected chi connectivity index (χ3v) is 3.09. The summed E-state index contributed by atoms with van der Waals surface area (Å²) in [6.07, 6.45) is 1.64. The van der Waals surface area contributed by atoms with E-state index in [1.54, 1.807) is 6.92 Å². The number of rotatable bonds is 1. The number of carbonyl (C=O) groups is 1. The van der Waals surface area contributed by atoms with Gasteiger partial charge in [-0.3, -0.25) is 0 Å². The Bertz CT molecular complexity index is 620. The van der Waals surface area contributed by atoms with Gasteiger partial charge in [-0.2, -0.15) is 0 Å². The van der Waals surface area contributed by atoms with E-state index < -0.39 is 0 Å². The summed E-state index contributed by atoms with van der Waals surface area (Å²) in [5.74, 6) is -0.220. The van der Waals surface area contributed by atoms with Crippen LogP contribution in [0.25, 0.3) is 10.8 Å². The maximum Gasteiger partial charge on any atom is 0.334 e. The molecule has 0 saturated carbocycles. The van der Waals surface area contributed by atoms with Crippen molar-refractivity contribution in [2.45, 2.75) is 13.0 Å².